The molecule has 0 saturated carbocycles. The van der Waals surface area contributed by atoms with Crippen LogP contribution >= 0.6 is 23.4 Å². The van der Waals surface area contributed by atoms with Crippen LogP contribution in [-0.2, 0) is 0 Å². The van der Waals surface area contributed by atoms with Gasteiger partial charge in [-0.1, -0.05) is 35.9 Å². The molecule has 6 heteroatoms. The lowest BCUT2D eigenvalue weighted by Crippen LogP contribution is -2.29. The molecule has 112 valence electrons. The van der Waals surface area contributed by atoms with Gasteiger partial charge in [-0.05, 0) is 24.5 Å². The molecule has 2 rings (SSSR count). The van der Waals surface area contributed by atoms with Gasteiger partial charge in [-0.3, -0.25) is 4.79 Å². The van der Waals surface area contributed by atoms with Gasteiger partial charge in [0.05, 0.1) is 11.6 Å². The first-order chi connectivity index (χ1) is 10.6. The van der Waals surface area contributed by atoms with E-state index < -0.39 is 17.8 Å². The minimum atomic E-state index is -0.949. The molecule has 0 bridgehead atoms. The molecule has 2 aromatic rings. The molecule has 0 saturated heterocycles. The third kappa shape index (κ3) is 3.41. The van der Waals surface area contributed by atoms with Gasteiger partial charge < -0.3 is 5.32 Å². The summed E-state index contributed by atoms with van der Waals surface area (Å²) in [6.45, 7) is 0. The van der Waals surface area contributed by atoms with Gasteiger partial charge in [-0.25, -0.2) is 4.39 Å². The molecule has 22 heavy (non-hydrogen) atoms. The number of nitriles is 1. The summed E-state index contributed by atoms with van der Waals surface area (Å²) in [4.78, 5) is 12.8. The van der Waals surface area contributed by atoms with Crippen molar-refractivity contribution in [2.75, 3.05) is 6.26 Å². The molecular formula is C16H12ClFN2OS. The molecule has 0 fully saturated rings. The van der Waals surface area contributed by atoms with Crippen LogP contribution < -0.4 is 5.32 Å². The lowest BCUT2D eigenvalue weighted by molar-refractivity contribution is 0.0938. The summed E-state index contributed by atoms with van der Waals surface area (Å²) in [5, 5.41) is 12.2. The predicted molar refractivity (Wildman–Crippen MR) is 85.5 cm³/mol. The quantitative estimate of drug-likeness (QED) is 0.853. The minimum Gasteiger partial charge on any atom is -0.332 e. The molecule has 1 N–H and O–H groups in total. The van der Waals surface area contributed by atoms with Gasteiger partial charge in [0.15, 0.2) is 0 Å². The molecule has 0 heterocycles. The van der Waals surface area contributed by atoms with E-state index in [1.807, 2.05) is 6.07 Å². The minimum absolute atomic E-state index is 0.0673. The number of thioether (sulfide) groups is 1. The summed E-state index contributed by atoms with van der Waals surface area (Å²) in [6, 6.07) is 12.1. The van der Waals surface area contributed by atoms with Crippen molar-refractivity contribution in [1.29, 1.82) is 5.26 Å². The Bertz CT molecular complexity index is 745. The van der Waals surface area contributed by atoms with E-state index in [9.17, 15) is 14.4 Å². The lowest BCUT2D eigenvalue weighted by Gasteiger charge is -2.15. The standard InChI is InChI=1S/C16H12ClFN2OS/c1-22-14-8-4-7-12(18)15(14)16(21)20-13(9-19)10-5-2-3-6-11(10)17/h2-8,13H,1H3,(H,20,21)/t13-/m0/s1. The molecule has 0 unspecified atom stereocenters. The van der Waals surface area contributed by atoms with Crippen molar-refractivity contribution in [3.63, 3.8) is 0 Å². The number of hydrogen-bond donors (Lipinski definition) is 1. The van der Waals surface area contributed by atoms with Crippen molar-refractivity contribution in [3.05, 3.63) is 64.4 Å². The number of rotatable bonds is 4. The maximum Gasteiger partial charge on any atom is 0.256 e. The van der Waals surface area contributed by atoms with Gasteiger partial charge in [-0.15, -0.1) is 11.8 Å². The predicted octanol–water partition coefficient (Wildman–Crippen LogP) is 4.20. The first-order valence-corrected chi connectivity index (χ1v) is 7.96. The summed E-state index contributed by atoms with van der Waals surface area (Å²) >= 11 is 7.30. The number of nitrogens with one attached hydrogen (secondary N) is 1. The highest BCUT2D eigenvalue weighted by molar-refractivity contribution is 7.98. The maximum absolute atomic E-state index is 13.9. The largest absolute Gasteiger partial charge is 0.332 e. The van der Waals surface area contributed by atoms with E-state index in [1.165, 1.54) is 23.9 Å². The Kier molecular flexibility index (Phi) is 5.42. The van der Waals surface area contributed by atoms with Crippen molar-refractivity contribution >= 4 is 29.3 Å². The Hall–Kier alpha value is -2.03. The van der Waals surface area contributed by atoms with Crippen LogP contribution in [0.1, 0.15) is 22.0 Å². The summed E-state index contributed by atoms with van der Waals surface area (Å²) in [6.07, 6.45) is 1.75. The third-order valence-corrected chi connectivity index (χ3v) is 4.17. The fourth-order valence-corrected chi connectivity index (χ4v) is 2.84. The van der Waals surface area contributed by atoms with Crippen LogP contribution in [0.15, 0.2) is 47.4 Å². The zero-order valence-corrected chi connectivity index (χ0v) is 13.2. The van der Waals surface area contributed by atoms with E-state index in [0.717, 1.165) is 0 Å². The normalized spacial score (nSPS) is 11.5. The fraction of sp³-hybridized carbons (Fsp3) is 0.125. The van der Waals surface area contributed by atoms with Crippen LogP contribution in [0, 0.1) is 17.1 Å². The van der Waals surface area contributed by atoms with Crippen LogP contribution in [0.3, 0.4) is 0 Å². The molecule has 1 amide bonds. The van der Waals surface area contributed by atoms with E-state index in [4.69, 9.17) is 11.6 Å². The number of nitrogens with zero attached hydrogens (tertiary/aromatic N) is 1. The molecule has 0 aromatic heterocycles. The first-order valence-electron chi connectivity index (χ1n) is 6.36. The molecule has 0 aliphatic carbocycles. The summed E-state index contributed by atoms with van der Waals surface area (Å²) in [5.41, 5.74) is 0.407. The van der Waals surface area contributed by atoms with E-state index >= 15 is 0 Å². The van der Waals surface area contributed by atoms with Crippen LogP contribution in [0.2, 0.25) is 5.02 Å². The molecule has 0 spiro atoms. The Balaban J connectivity index is 2.32. The Morgan fingerprint density at radius 1 is 1.32 bits per heavy atom. The highest BCUT2D eigenvalue weighted by atomic mass is 35.5. The Morgan fingerprint density at radius 2 is 2.05 bits per heavy atom. The van der Waals surface area contributed by atoms with Crippen molar-refractivity contribution < 1.29 is 9.18 Å². The molecule has 2 aromatic carbocycles. The fourth-order valence-electron chi connectivity index (χ4n) is 1.99. The smallest absolute Gasteiger partial charge is 0.256 e. The zero-order chi connectivity index (χ0) is 16.1. The monoisotopic (exact) mass is 334 g/mol. The van der Waals surface area contributed by atoms with Gasteiger partial charge in [-0.2, -0.15) is 5.26 Å². The van der Waals surface area contributed by atoms with E-state index in [1.54, 1.807) is 36.6 Å². The molecule has 0 aliphatic heterocycles. The summed E-state index contributed by atoms with van der Waals surface area (Å²) < 4.78 is 13.9. The average Bonchev–Trinajstić information content (AvgIpc) is 2.52. The molecule has 0 radical (unpaired) electrons. The lowest BCUT2D eigenvalue weighted by atomic mass is 10.1. The van der Waals surface area contributed by atoms with Gasteiger partial charge in [0, 0.05) is 15.5 Å². The Labute approximate surface area is 137 Å². The topological polar surface area (TPSA) is 52.9 Å². The molecule has 3 nitrogen and oxygen atoms in total. The Morgan fingerprint density at radius 3 is 2.68 bits per heavy atom. The number of carbonyl (C=O) groups excluding carboxylic acids is 1. The van der Waals surface area contributed by atoms with Gasteiger partial charge in [0.1, 0.15) is 11.9 Å². The second kappa shape index (κ2) is 7.30. The summed E-state index contributed by atoms with van der Waals surface area (Å²) in [7, 11) is 0. The highest BCUT2D eigenvalue weighted by Gasteiger charge is 2.21. The highest BCUT2D eigenvalue weighted by Crippen LogP contribution is 2.25. The van der Waals surface area contributed by atoms with Crippen LogP contribution in [0.25, 0.3) is 0 Å². The van der Waals surface area contributed by atoms with Gasteiger partial charge >= 0.3 is 0 Å². The van der Waals surface area contributed by atoms with Crippen LogP contribution in [0.5, 0.6) is 0 Å². The van der Waals surface area contributed by atoms with Crippen molar-refractivity contribution in [1.82, 2.24) is 5.32 Å². The van der Waals surface area contributed by atoms with Crippen molar-refractivity contribution in [2.45, 2.75) is 10.9 Å². The average molecular weight is 335 g/mol. The van der Waals surface area contributed by atoms with E-state index in [-0.39, 0.29) is 5.56 Å². The van der Waals surface area contributed by atoms with Crippen molar-refractivity contribution in [2.24, 2.45) is 0 Å². The maximum atomic E-state index is 13.9. The van der Waals surface area contributed by atoms with Crippen LogP contribution in [-0.4, -0.2) is 12.2 Å². The van der Waals surface area contributed by atoms with Gasteiger partial charge in [0.2, 0.25) is 0 Å². The third-order valence-electron chi connectivity index (χ3n) is 3.04. The number of hydrogen-bond acceptors (Lipinski definition) is 3. The molecule has 1 atom stereocenters. The number of carbonyl (C=O) groups is 1. The van der Waals surface area contributed by atoms with Crippen molar-refractivity contribution in [3.8, 4) is 6.07 Å². The number of halogens is 2. The zero-order valence-electron chi connectivity index (χ0n) is 11.6. The second-order valence-electron chi connectivity index (χ2n) is 4.37. The first kappa shape index (κ1) is 16.3. The SMILES string of the molecule is CSc1cccc(F)c1C(=O)N[C@@H](C#N)c1ccccc1Cl. The molecule has 0 aliphatic rings. The second-order valence-corrected chi connectivity index (χ2v) is 5.63. The van der Waals surface area contributed by atoms with E-state index in [0.29, 0.717) is 15.5 Å². The summed E-state index contributed by atoms with van der Waals surface area (Å²) in [5.74, 6) is -1.27. The molecular weight excluding hydrogens is 323 g/mol. The number of amides is 1. The van der Waals surface area contributed by atoms with Crippen LogP contribution in [0.4, 0.5) is 4.39 Å². The number of benzene rings is 2. The van der Waals surface area contributed by atoms with E-state index in [2.05, 4.69) is 5.32 Å². The van der Waals surface area contributed by atoms with Gasteiger partial charge in [0.25, 0.3) is 5.91 Å².